The number of benzene rings is 4. The maximum Gasteiger partial charge on any atom is 0.0523 e. The van der Waals surface area contributed by atoms with Gasteiger partial charge in [0.2, 0.25) is 0 Å². The molecular weight excluding hydrogens is 631 g/mol. The van der Waals surface area contributed by atoms with Crippen LogP contribution < -0.4 is 5.32 Å². The van der Waals surface area contributed by atoms with E-state index in [1.54, 1.807) is 0 Å². The lowest BCUT2D eigenvalue weighted by Crippen LogP contribution is -2.08. The van der Waals surface area contributed by atoms with Gasteiger partial charge in [-0.05, 0) is 97.3 Å². The minimum atomic E-state index is 0.748. The summed E-state index contributed by atoms with van der Waals surface area (Å²) in [4.78, 5) is 9.61. The molecule has 0 radical (unpaired) electrons. The second-order valence-electron chi connectivity index (χ2n) is 13.4. The van der Waals surface area contributed by atoms with Crippen molar-refractivity contribution >= 4 is 22.4 Å². The molecule has 0 amide bonds. The number of aliphatic imine (C=N–C) groups is 1. The quantitative estimate of drug-likeness (QED) is 0.150. The Balaban J connectivity index is 1.06. The fourth-order valence-corrected chi connectivity index (χ4v) is 7.04. The second-order valence-corrected chi connectivity index (χ2v) is 13.4. The summed E-state index contributed by atoms with van der Waals surface area (Å²) in [5.41, 5.74) is 17.7. The standard InChI is InChI=1S/C49H41N3/c1-2-36(38-16-18-39(19-17-38)37-8-4-3-5-9-37)31-47-32-49(52-48(47)30-35-12-14-42(15-13-35)45-10-6-28-50-33-45)44-26-24-41(25-27-44)40-20-22-43(23-21-40)46-11-7-29-51-34-46/h2,4,6-28,31,33-34,51H,1,3,5,29-30,32H2/b36-31+. The summed E-state index contributed by atoms with van der Waals surface area (Å²) in [6, 6.07) is 39.4. The van der Waals surface area contributed by atoms with Crippen molar-refractivity contribution in [3.8, 4) is 22.3 Å². The first kappa shape index (κ1) is 32.9. The molecule has 3 nitrogen and oxygen atoms in total. The van der Waals surface area contributed by atoms with E-state index in [2.05, 4.69) is 163 Å². The third-order valence-corrected chi connectivity index (χ3v) is 9.98. The number of nitrogens with one attached hydrogen (secondary N) is 1. The summed E-state index contributed by atoms with van der Waals surface area (Å²) < 4.78 is 0. The van der Waals surface area contributed by atoms with Crippen LogP contribution in [0, 0.1) is 0 Å². The molecule has 0 unspecified atom stereocenters. The van der Waals surface area contributed by atoms with Crippen LogP contribution in [-0.2, 0) is 6.42 Å². The molecule has 252 valence electrons. The van der Waals surface area contributed by atoms with E-state index < -0.39 is 0 Å². The topological polar surface area (TPSA) is 37.3 Å². The molecule has 8 rings (SSSR count). The average molecular weight is 672 g/mol. The van der Waals surface area contributed by atoms with Crippen LogP contribution >= 0.6 is 0 Å². The molecule has 1 N–H and O–H groups in total. The zero-order valence-corrected chi connectivity index (χ0v) is 29.3. The Hall–Kier alpha value is -6.32. The number of allylic oxidation sites excluding steroid dienone is 11. The predicted molar refractivity (Wildman–Crippen MR) is 220 cm³/mol. The fraction of sp³-hybridized carbons (Fsp3) is 0.102. The molecule has 52 heavy (non-hydrogen) atoms. The Morgan fingerprint density at radius 3 is 1.98 bits per heavy atom. The molecule has 4 aromatic carbocycles. The van der Waals surface area contributed by atoms with Gasteiger partial charge in [0.25, 0.3) is 0 Å². The third kappa shape index (κ3) is 7.40. The Morgan fingerprint density at radius 2 is 1.33 bits per heavy atom. The number of rotatable bonds is 10. The van der Waals surface area contributed by atoms with Gasteiger partial charge in [0.1, 0.15) is 0 Å². The maximum absolute atomic E-state index is 5.31. The largest absolute Gasteiger partial charge is 0.387 e. The molecule has 3 heterocycles. The average Bonchev–Trinajstić information content (AvgIpc) is 3.63. The molecule has 3 heteroatoms. The van der Waals surface area contributed by atoms with Crippen molar-refractivity contribution in [1.29, 1.82) is 0 Å². The Morgan fingerprint density at radius 1 is 0.673 bits per heavy atom. The lowest BCUT2D eigenvalue weighted by atomic mass is 9.94. The summed E-state index contributed by atoms with van der Waals surface area (Å²) in [6.45, 7) is 5.10. The van der Waals surface area contributed by atoms with Crippen LogP contribution in [0.25, 0.3) is 39.0 Å². The zero-order valence-electron chi connectivity index (χ0n) is 29.3. The van der Waals surface area contributed by atoms with Crippen LogP contribution in [-0.4, -0.2) is 17.2 Å². The van der Waals surface area contributed by atoms with Crippen LogP contribution in [0.3, 0.4) is 0 Å². The highest BCUT2D eigenvalue weighted by Crippen LogP contribution is 2.33. The van der Waals surface area contributed by atoms with Crippen molar-refractivity contribution in [2.24, 2.45) is 4.99 Å². The number of hydrogen-bond donors (Lipinski definition) is 1. The summed E-state index contributed by atoms with van der Waals surface area (Å²) in [6.07, 6.45) is 24.9. The number of nitrogens with zero attached hydrogens (tertiary/aromatic N) is 2. The van der Waals surface area contributed by atoms with Crippen molar-refractivity contribution in [3.05, 3.63) is 216 Å². The molecule has 0 saturated heterocycles. The maximum atomic E-state index is 5.31. The van der Waals surface area contributed by atoms with E-state index in [0.29, 0.717) is 0 Å². The van der Waals surface area contributed by atoms with Gasteiger partial charge < -0.3 is 5.32 Å². The van der Waals surface area contributed by atoms with Crippen LogP contribution in [0.15, 0.2) is 193 Å². The molecule has 3 aliphatic rings. The van der Waals surface area contributed by atoms with E-state index in [0.717, 1.165) is 71.5 Å². The molecule has 2 aliphatic heterocycles. The number of hydrogen-bond acceptors (Lipinski definition) is 3. The SMILES string of the molecule is C=C/C(=C\C1=C(Cc2ccc(-c3cccnc3)cc2)N=C(c2ccc(-c3ccc(C4=CNCC=C4)cc3)cc2)C1)c1ccc(C2=CCCC=C2)cc1. The van der Waals surface area contributed by atoms with Gasteiger partial charge in [-0.3, -0.25) is 9.98 Å². The summed E-state index contributed by atoms with van der Waals surface area (Å²) in [5, 5.41) is 3.30. The molecule has 5 aromatic rings. The second kappa shape index (κ2) is 15.3. The van der Waals surface area contributed by atoms with Crippen molar-refractivity contribution in [1.82, 2.24) is 10.3 Å². The normalized spacial score (nSPS) is 15.5. The molecule has 0 fully saturated rings. The van der Waals surface area contributed by atoms with E-state index in [-0.39, 0.29) is 0 Å². The predicted octanol–water partition coefficient (Wildman–Crippen LogP) is 11.6. The number of aromatic nitrogens is 1. The molecule has 0 bridgehead atoms. The van der Waals surface area contributed by atoms with E-state index >= 15 is 0 Å². The lowest BCUT2D eigenvalue weighted by molar-refractivity contribution is 0.976. The van der Waals surface area contributed by atoms with Crippen molar-refractivity contribution < 1.29 is 0 Å². The van der Waals surface area contributed by atoms with Gasteiger partial charge >= 0.3 is 0 Å². The highest BCUT2D eigenvalue weighted by Gasteiger charge is 2.19. The van der Waals surface area contributed by atoms with Gasteiger partial charge in [0.15, 0.2) is 0 Å². The molecular formula is C49H41N3. The van der Waals surface area contributed by atoms with Crippen LogP contribution in [0.2, 0.25) is 0 Å². The molecule has 1 aliphatic carbocycles. The minimum Gasteiger partial charge on any atom is -0.387 e. The highest BCUT2D eigenvalue weighted by molar-refractivity contribution is 6.05. The minimum absolute atomic E-state index is 0.748. The van der Waals surface area contributed by atoms with E-state index in [1.165, 1.54) is 44.5 Å². The highest BCUT2D eigenvalue weighted by atomic mass is 14.8. The van der Waals surface area contributed by atoms with Gasteiger partial charge in [-0.2, -0.15) is 0 Å². The third-order valence-electron chi connectivity index (χ3n) is 9.98. The van der Waals surface area contributed by atoms with Crippen LogP contribution in [0.4, 0.5) is 0 Å². The Bertz CT molecular complexity index is 2290. The Labute approximate surface area is 307 Å². The summed E-state index contributed by atoms with van der Waals surface area (Å²) in [5.74, 6) is 0. The van der Waals surface area contributed by atoms with Crippen LogP contribution in [0.1, 0.15) is 47.1 Å². The zero-order chi connectivity index (χ0) is 35.1. The first-order valence-electron chi connectivity index (χ1n) is 18.1. The van der Waals surface area contributed by atoms with Gasteiger partial charge in [-0.1, -0.05) is 146 Å². The van der Waals surface area contributed by atoms with E-state index in [1.807, 2.05) is 24.5 Å². The van der Waals surface area contributed by atoms with Gasteiger partial charge in [0, 0.05) is 43.7 Å². The lowest BCUT2D eigenvalue weighted by Gasteiger charge is -2.10. The van der Waals surface area contributed by atoms with Crippen molar-refractivity contribution in [2.75, 3.05) is 6.54 Å². The van der Waals surface area contributed by atoms with Gasteiger partial charge in [-0.25, -0.2) is 0 Å². The van der Waals surface area contributed by atoms with E-state index in [9.17, 15) is 0 Å². The first-order chi connectivity index (χ1) is 25.7. The Kier molecular flexibility index (Phi) is 9.66. The fourth-order valence-electron chi connectivity index (χ4n) is 7.04. The van der Waals surface area contributed by atoms with Gasteiger partial charge in [-0.15, -0.1) is 0 Å². The molecule has 0 saturated carbocycles. The molecule has 0 atom stereocenters. The molecule has 1 aromatic heterocycles. The molecule has 0 spiro atoms. The number of pyridine rings is 1. The summed E-state index contributed by atoms with van der Waals surface area (Å²) >= 11 is 0. The monoisotopic (exact) mass is 671 g/mol. The van der Waals surface area contributed by atoms with Crippen LogP contribution in [0.5, 0.6) is 0 Å². The number of dihydropyridines is 1. The smallest absolute Gasteiger partial charge is 0.0523 e. The summed E-state index contributed by atoms with van der Waals surface area (Å²) in [7, 11) is 0. The van der Waals surface area contributed by atoms with Crippen molar-refractivity contribution in [2.45, 2.75) is 25.7 Å². The first-order valence-corrected chi connectivity index (χ1v) is 18.1. The van der Waals surface area contributed by atoms with E-state index in [4.69, 9.17) is 4.99 Å². The van der Waals surface area contributed by atoms with Crippen molar-refractivity contribution in [3.63, 3.8) is 0 Å². The van der Waals surface area contributed by atoms with Gasteiger partial charge in [0.05, 0.1) is 5.71 Å².